The van der Waals surface area contributed by atoms with Gasteiger partial charge in [-0.25, -0.2) is 4.79 Å². The third-order valence-corrected chi connectivity index (χ3v) is 4.29. The highest BCUT2D eigenvalue weighted by molar-refractivity contribution is 7.15. The van der Waals surface area contributed by atoms with Crippen molar-refractivity contribution in [3.8, 4) is 0 Å². The number of urea groups is 1. The lowest BCUT2D eigenvalue weighted by molar-refractivity contribution is -0.115. The number of nitrogens with zero attached hydrogens (tertiary/aromatic N) is 2. The number of aromatic nitrogens is 2. The van der Waals surface area contributed by atoms with Gasteiger partial charge in [0.1, 0.15) is 5.01 Å². The van der Waals surface area contributed by atoms with Crippen LogP contribution in [0.2, 0.25) is 0 Å². The van der Waals surface area contributed by atoms with Crippen molar-refractivity contribution in [2.75, 3.05) is 16.0 Å². The van der Waals surface area contributed by atoms with Crippen LogP contribution in [-0.2, 0) is 11.2 Å². The SMILES string of the molecule is Cc1ccccc1NC(=O)Cc1nnc(NC(=O)Nc2ccccc2)s1. The molecular weight excluding hydrogens is 350 g/mol. The lowest BCUT2D eigenvalue weighted by Gasteiger charge is -2.06. The summed E-state index contributed by atoms with van der Waals surface area (Å²) in [5, 5.41) is 16.8. The summed E-state index contributed by atoms with van der Waals surface area (Å²) in [5.41, 5.74) is 2.42. The molecule has 3 rings (SSSR count). The predicted octanol–water partition coefficient (Wildman–Crippen LogP) is 3.67. The van der Waals surface area contributed by atoms with Gasteiger partial charge in [-0.05, 0) is 30.7 Å². The van der Waals surface area contributed by atoms with E-state index in [0.29, 0.717) is 15.8 Å². The first-order chi connectivity index (χ1) is 12.6. The van der Waals surface area contributed by atoms with Crippen LogP contribution in [0.1, 0.15) is 10.6 Å². The van der Waals surface area contributed by atoms with Gasteiger partial charge in [-0.15, -0.1) is 10.2 Å². The highest BCUT2D eigenvalue weighted by atomic mass is 32.1. The molecule has 0 bridgehead atoms. The molecular formula is C18H17N5O2S. The summed E-state index contributed by atoms with van der Waals surface area (Å²) in [5.74, 6) is -0.185. The first-order valence-electron chi connectivity index (χ1n) is 7.91. The van der Waals surface area contributed by atoms with Crippen molar-refractivity contribution >= 4 is 39.8 Å². The van der Waals surface area contributed by atoms with E-state index >= 15 is 0 Å². The summed E-state index contributed by atoms with van der Waals surface area (Å²) in [4.78, 5) is 24.1. The predicted molar refractivity (Wildman–Crippen MR) is 103 cm³/mol. The molecule has 3 amide bonds. The minimum Gasteiger partial charge on any atom is -0.325 e. The quantitative estimate of drug-likeness (QED) is 0.641. The van der Waals surface area contributed by atoms with E-state index in [1.54, 1.807) is 12.1 Å². The Labute approximate surface area is 154 Å². The van der Waals surface area contributed by atoms with Crippen LogP contribution < -0.4 is 16.0 Å². The number of anilines is 3. The fourth-order valence-corrected chi connectivity index (χ4v) is 2.93. The zero-order valence-corrected chi connectivity index (χ0v) is 14.8. The number of nitrogens with one attached hydrogen (secondary N) is 3. The average Bonchev–Trinajstić information content (AvgIpc) is 3.04. The van der Waals surface area contributed by atoms with Crippen molar-refractivity contribution in [2.45, 2.75) is 13.3 Å². The summed E-state index contributed by atoms with van der Waals surface area (Å²) in [6.45, 7) is 1.92. The fraction of sp³-hybridized carbons (Fsp3) is 0.111. The molecule has 3 N–H and O–H groups in total. The molecule has 1 heterocycles. The highest BCUT2D eigenvalue weighted by Crippen LogP contribution is 2.18. The first kappa shape index (κ1) is 17.6. The number of para-hydroxylation sites is 2. The second kappa shape index (κ2) is 8.21. The molecule has 8 heteroatoms. The molecule has 7 nitrogen and oxygen atoms in total. The van der Waals surface area contributed by atoms with E-state index in [-0.39, 0.29) is 12.3 Å². The number of carbonyl (C=O) groups is 2. The zero-order chi connectivity index (χ0) is 18.4. The summed E-state index contributed by atoms with van der Waals surface area (Å²) < 4.78 is 0. The smallest absolute Gasteiger partial charge is 0.325 e. The lowest BCUT2D eigenvalue weighted by atomic mass is 10.2. The Morgan fingerprint density at radius 2 is 1.65 bits per heavy atom. The van der Waals surface area contributed by atoms with Gasteiger partial charge in [0.25, 0.3) is 0 Å². The molecule has 0 spiro atoms. The van der Waals surface area contributed by atoms with Crippen molar-refractivity contribution in [1.29, 1.82) is 0 Å². The van der Waals surface area contributed by atoms with Crippen LogP contribution in [-0.4, -0.2) is 22.1 Å². The maximum absolute atomic E-state index is 12.1. The molecule has 0 aliphatic carbocycles. The first-order valence-corrected chi connectivity index (χ1v) is 8.73. The lowest BCUT2D eigenvalue weighted by Crippen LogP contribution is -2.19. The Kier molecular flexibility index (Phi) is 5.55. The van der Waals surface area contributed by atoms with Gasteiger partial charge in [-0.3, -0.25) is 10.1 Å². The van der Waals surface area contributed by atoms with Crippen LogP contribution in [0.25, 0.3) is 0 Å². The van der Waals surface area contributed by atoms with Crippen LogP contribution in [0.4, 0.5) is 21.3 Å². The zero-order valence-electron chi connectivity index (χ0n) is 14.0. The van der Waals surface area contributed by atoms with Gasteiger partial charge in [-0.2, -0.15) is 0 Å². The van der Waals surface area contributed by atoms with E-state index in [0.717, 1.165) is 22.6 Å². The van der Waals surface area contributed by atoms with Gasteiger partial charge < -0.3 is 10.6 Å². The van der Waals surface area contributed by atoms with Crippen molar-refractivity contribution in [2.24, 2.45) is 0 Å². The monoisotopic (exact) mass is 367 g/mol. The molecule has 0 aliphatic heterocycles. The van der Waals surface area contributed by atoms with Crippen molar-refractivity contribution in [3.63, 3.8) is 0 Å². The van der Waals surface area contributed by atoms with Crippen LogP contribution >= 0.6 is 11.3 Å². The van der Waals surface area contributed by atoms with Crippen LogP contribution in [0.5, 0.6) is 0 Å². The summed E-state index contributed by atoms with van der Waals surface area (Å²) in [7, 11) is 0. The van der Waals surface area contributed by atoms with E-state index in [1.165, 1.54) is 0 Å². The molecule has 0 fully saturated rings. The molecule has 0 radical (unpaired) electrons. The maximum atomic E-state index is 12.1. The summed E-state index contributed by atoms with van der Waals surface area (Å²) >= 11 is 1.16. The fourth-order valence-electron chi connectivity index (χ4n) is 2.20. The molecule has 1 aromatic heterocycles. The maximum Gasteiger partial charge on any atom is 0.325 e. The number of rotatable bonds is 5. The van der Waals surface area contributed by atoms with Gasteiger partial charge in [0.2, 0.25) is 11.0 Å². The number of aryl methyl sites for hydroxylation is 1. The third kappa shape index (κ3) is 4.87. The number of hydrogen-bond donors (Lipinski definition) is 3. The topological polar surface area (TPSA) is 96.0 Å². The number of carbonyl (C=O) groups excluding carboxylic acids is 2. The summed E-state index contributed by atoms with van der Waals surface area (Å²) in [6.07, 6.45) is 0.0913. The van der Waals surface area contributed by atoms with E-state index in [2.05, 4.69) is 26.1 Å². The Bertz CT molecular complexity index is 911. The summed E-state index contributed by atoms with van der Waals surface area (Å²) in [6, 6.07) is 16.2. The van der Waals surface area contributed by atoms with Gasteiger partial charge in [0.15, 0.2) is 0 Å². The van der Waals surface area contributed by atoms with Crippen molar-refractivity contribution in [3.05, 3.63) is 65.2 Å². The van der Waals surface area contributed by atoms with Gasteiger partial charge in [-0.1, -0.05) is 47.7 Å². The number of hydrogen-bond acceptors (Lipinski definition) is 5. The highest BCUT2D eigenvalue weighted by Gasteiger charge is 2.12. The minimum absolute atomic E-state index is 0.0913. The molecule has 0 saturated heterocycles. The van der Waals surface area contributed by atoms with Gasteiger partial charge >= 0.3 is 6.03 Å². The molecule has 0 saturated carbocycles. The molecule has 132 valence electrons. The van der Waals surface area contributed by atoms with E-state index in [1.807, 2.05) is 49.4 Å². The Morgan fingerprint density at radius 3 is 2.42 bits per heavy atom. The average molecular weight is 367 g/mol. The van der Waals surface area contributed by atoms with Crippen LogP contribution in [0, 0.1) is 6.92 Å². The third-order valence-electron chi connectivity index (χ3n) is 3.45. The van der Waals surface area contributed by atoms with Crippen LogP contribution in [0.3, 0.4) is 0 Å². The largest absolute Gasteiger partial charge is 0.325 e. The second-order valence-electron chi connectivity index (χ2n) is 5.49. The second-order valence-corrected chi connectivity index (χ2v) is 6.55. The normalized spacial score (nSPS) is 10.2. The Hall–Kier alpha value is -3.26. The molecule has 3 aromatic rings. The van der Waals surface area contributed by atoms with Crippen molar-refractivity contribution < 1.29 is 9.59 Å². The standard InChI is InChI=1S/C18H17N5O2S/c1-12-7-5-6-10-14(12)20-15(24)11-16-22-23-18(26-16)21-17(25)19-13-8-3-2-4-9-13/h2-10H,11H2,1H3,(H,20,24)(H2,19,21,23,25). The number of benzene rings is 2. The van der Waals surface area contributed by atoms with Gasteiger partial charge in [0.05, 0.1) is 6.42 Å². The number of amides is 3. The van der Waals surface area contributed by atoms with E-state index in [4.69, 9.17) is 0 Å². The Balaban J connectivity index is 1.53. The van der Waals surface area contributed by atoms with Crippen LogP contribution in [0.15, 0.2) is 54.6 Å². The van der Waals surface area contributed by atoms with E-state index in [9.17, 15) is 9.59 Å². The van der Waals surface area contributed by atoms with Gasteiger partial charge in [0, 0.05) is 11.4 Å². The molecule has 0 unspecified atom stereocenters. The van der Waals surface area contributed by atoms with E-state index < -0.39 is 6.03 Å². The molecule has 2 aromatic carbocycles. The molecule has 0 aliphatic rings. The van der Waals surface area contributed by atoms with Crippen molar-refractivity contribution in [1.82, 2.24) is 10.2 Å². The minimum atomic E-state index is -0.414. The molecule has 0 atom stereocenters. The Morgan fingerprint density at radius 1 is 0.923 bits per heavy atom. The molecule has 26 heavy (non-hydrogen) atoms.